The smallest absolute Gasteiger partial charge is 0.0453 e. The Balaban J connectivity index is 2.65. The summed E-state index contributed by atoms with van der Waals surface area (Å²) in [5.74, 6) is 1.41. The molecule has 0 heterocycles. The molecular weight excluding hydrogens is 280 g/mol. The Labute approximate surface area is 135 Å². The van der Waals surface area contributed by atoms with Gasteiger partial charge in [0.25, 0.3) is 0 Å². The summed E-state index contributed by atoms with van der Waals surface area (Å²) in [7, 11) is 2.02. The Bertz CT molecular complexity index is 394. The molecule has 21 heavy (non-hydrogen) atoms. The summed E-state index contributed by atoms with van der Waals surface area (Å²) in [6, 6.07) is 8.47. The quantitative estimate of drug-likeness (QED) is 0.717. The van der Waals surface area contributed by atoms with Gasteiger partial charge in [0.1, 0.15) is 0 Å². The first-order valence-electron chi connectivity index (χ1n) is 8.08. The van der Waals surface area contributed by atoms with Crippen molar-refractivity contribution in [2.75, 3.05) is 26.7 Å². The van der Waals surface area contributed by atoms with Crippen LogP contribution in [0.2, 0.25) is 5.02 Å². The molecular formula is C18H31ClN2. The molecule has 1 aromatic carbocycles. The number of halogens is 1. The van der Waals surface area contributed by atoms with Crippen LogP contribution < -0.4 is 5.32 Å². The average molecular weight is 311 g/mol. The second kappa shape index (κ2) is 9.45. The van der Waals surface area contributed by atoms with Gasteiger partial charge in [0.15, 0.2) is 0 Å². The van der Waals surface area contributed by atoms with Gasteiger partial charge in [-0.15, -0.1) is 0 Å². The van der Waals surface area contributed by atoms with E-state index in [2.05, 4.69) is 50.0 Å². The first kappa shape index (κ1) is 18.5. The molecule has 0 saturated heterocycles. The zero-order valence-corrected chi connectivity index (χ0v) is 15.0. The number of hydrogen-bond acceptors (Lipinski definition) is 2. The number of hydrogen-bond donors (Lipinski definition) is 1. The minimum atomic E-state index is 0.320. The number of nitrogens with zero attached hydrogens (tertiary/aromatic N) is 1. The van der Waals surface area contributed by atoms with E-state index in [1.54, 1.807) is 0 Å². The Kier molecular flexibility index (Phi) is 8.31. The molecule has 0 aromatic heterocycles. The molecule has 2 nitrogen and oxygen atoms in total. The fourth-order valence-electron chi connectivity index (χ4n) is 2.81. The molecule has 0 aliphatic heterocycles. The van der Waals surface area contributed by atoms with Crippen molar-refractivity contribution in [1.29, 1.82) is 0 Å². The second-order valence-corrected chi connectivity index (χ2v) is 7.11. The predicted octanol–water partition coefficient (Wildman–Crippen LogP) is 4.60. The van der Waals surface area contributed by atoms with Crippen LogP contribution in [0, 0.1) is 11.8 Å². The average Bonchev–Trinajstić information content (AvgIpc) is 2.39. The van der Waals surface area contributed by atoms with Gasteiger partial charge in [0.05, 0.1) is 0 Å². The highest BCUT2D eigenvalue weighted by Gasteiger charge is 2.15. The molecule has 0 aliphatic carbocycles. The molecule has 1 unspecified atom stereocenters. The van der Waals surface area contributed by atoms with Crippen LogP contribution in [-0.2, 0) is 0 Å². The van der Waals surface area contributed by atoms with Crippen LogP contribution in [0.4, 0.5) is 0 Å². The predicted molar refractivity (Wildman–Crippen MR) is 94.0 cm³/mol. The Morgan fingerprint density at radius 1 is 1.05 bits per heavy atom. The van der Waals surface area contributed by atoms with Crippen LogP contribution in [-0.4, -0.2) is 31.6 Å². The lowest BCUT2D eigenvalue weighted by Gasteiger charge is -2.28. The van der Waals surface area contributed by atoms with E-state index in [1.165, 1.54) is 5.56 Å². The van der Waals surface area contributed by atoms with Crippen molar-refractivity contribution in [3.8, 4) is 0 Å². The lowest BCUT2D eigenvalue weighted by molar-refractivity contribution is 0.209. The largest absolute Gasteiger partial charge is 0.313 e. The first-order valence-corrected chi connectivity index (χ1v) is 8.45. The lowest BCUT2D eigenvalue weighted by Crippen LogP contribution is -2.34. The van der Waals surface area contributed by atoms with E-state index in [0.29, 0.717) is 17.9 Å². The Hall–Kier alpha value is -0.570. The summed E-state index contributed by atoms with van der Waals surface area (Å²) < 4.78 is 0. The standard InChI is InChI=1S/C18H31ClN2/c1-14(2)12-21(13-15(3)4)11-10-18(20-5)16-8-6-7-9-17(16)19/h6-9,14-15,18,20H,10-13H2,1-5H3. The minimum absolute atomic E-state index is 0.320. The van der Waals surface area contributed by atoms with Gasteiger partial charge < -0.3 is 10.2 Å². The van der Waals surface area contributed by atoms with Gasteiger partial charge in [-0.2, -0.15) is 0 Å². The Morgan fingerprint density at radius 3 is 2.10 bits per heavy atom. The number of benzene rings is 1. The van der Waals surface area contributed by atoms with Crippen molar-refractivity contribution in [2.45, 2.75) is 40.2 Å². The summed E-state index contributed by atoms with van der Waals surface area (Å²) in [5, 5.41) is 4.27. The highest BCUT2D eigenvalue weighted by Crippen LogP contribution is 2.25. The minimum Gasteiger partial charge on any atom is -0.313 e. The van der Waals surface area contributed by atoms with Gasteiger partial charge in [0, 0.05) is 24.2 Å². The topological polar surface area (TPSA) is 15.3 Å². The van der Waals surface area contributed by atoms with E-state index in [0.717, 1.165) is 31.1 Å². The van der Waals surface area contributed by atoms with E-state index < -0.39 is 0 Å². The van der Waals surface area contributed by atoms with E-state index in [9.17, 15) is 0 Å². The van der Waals surface area contributed by atoms with Crippen molar-refractivity contribution >= 4 is 11.6 Å². The van der Waals surface area contributed by atoms with Crippen molar-refractivity contribution in [3.63, 3.8) is 0 Å². The van der Waals surface area contributed by atoms with Gasteiger partial charge in [-0.05, 0) is 43.5 Å². The second-order valence-electron chi connectivity index (χ2n) is 6.70. The lowest BCUT2D eigenvalue weighted by atomic mass is 10.0. The highest BCUT2D eigenvalue weighted by molar-refractivity contribution is 6.31. The zero-order chi connectivity index (χ0) is 15.8. The fraction of sp³-hybridized carbons (Fsp3) is 0.667. The van der Waals surface area contributed by atoms with Crippen molar-refractivity contribution < 1.29 is 0 Å². The summed E-state index contributed by atoms with van der Waals surface area (Å²) in [5.41, 5.74) is 1.20. The van der Waals surface area contributed by atoms with E-state index >= 15 is 0 Å². The van der Waals surface area contributed by atoms with Crippen LogP contribution in [0.3, 0.4) is 0 Å². The van der Waals surface area contributed by atoms with Crippen LogP contribution >= 0.6 is 11.6 Å². The van der Waals surface area contributed by atoms with Crippen LogP contribution in [0.5, 0.6) is 0 Å². The van der Waals surface area contributed by atoms with Gasteiger partial charge in [-0.1, -0.05) is 57.5 Å². The summed E-state index contributed by atoms with van der Waals surface area (Å²) in [4.78, 5) is 2.58. The zero-order valence-electron chi connectivity index (χ0n) is 14.2. The maximum Gasteiger partial charge on any atom is 0.0453 e. The first-order chi connectivity index (χ1) is 9.93. The van der Waals surface area contributed by atoms with Crippen molar-refractivity contribution in [1.82, 2.24) is 10.2 Å². The van der Waals surface area contributed by atoms with Crippen LogP contribution in [0.25, 0.3) is 0 Å². The molecule has 3 heteroatoms. The van der Waals surface area contributed by atoms with Crippen LogP contribution in [0.1, 0.15) is 45.7 Å². The van der Waals surface area contributed by atoms with Crippen molar-refractivity contribution in [2.24, 2.45) is 11.8 Å². The molecule has 120 valence electrons. The fourth-order valence-corrected chi connectivity index (χ4v) is 3.08. The molecule has 1 N–H and O–H groups in total. The molecule has 0 fully saturated rings. The molecule has 1 atom stereocenters. The molecule has 1 rings (SSSR count). The SMILES string of the molecule is CNC(CCN(CC(C)C)CC(C)C)c1ccccc1Cl. The molecule has 0 amide bonds. The van der Waals surface area contributed by atoms with Gasteiger partial charge >= 0.3 is 0 Å². The number of nitrogens with one attached hydrogen (secondary N) is 1. The Morgan fingerprint density at radius 2 is 1.62 bits per heavy atom. The normalized spacial score (nSPS) is 13.4. The molecule has 0 radical (unpaired) electrons. The molecule has 0 saturated carbocycles. The monoisotopic (exact) mass is 310 g/mol. The van der Waals surface area contributed by atoms with Crippen LogP contribution in [0.15, 0.2) is 24.3 Å². The third-order valence-corrected chi connectivity index (χ3v) is 3.95. The maximum atomic E-state index is 6.33. The number of rotatable bonds is 9. The summed E-state index contributed by atoms with van der Waals surface area (Å²) >= 11 is 6.33. The van der Waals surface area contributed by atoms with E-state index in [1.807, 2.05) is 19.2 Å². The van der Waals surface area contributed by atoms with Gasteiger partial charge in [-0.25, -0.2) is 0 Å². The molecule has 0 bridgehead atoms. The van der Waals surface area contributed by atoms with Gasteiger partial charge in [-0.3, -0.25) is 0 Å². The molecule has 0 spiro atoms. The third kappa shape index (κ3) is 6.82. The maximum absolute atomic E-state index is 6.33. The summed E-state index contributed by atoms with van der Waals surface area (Å²) in [6.45, 7) is 12.6. The molecule has 0 aliphatic rings. The van der Waals surface area contributed by atoms with Crippen molar-refractivity contribution in [3.05, 3.63) is 34.9 Å². The van der Waals surface area contributed by atoms with Gasteiger partial charge in [0.2, 0.25) is 0 Å². The van der Waals surface area contributed by atoms with E-state index in [4.69, 9.17) is 11.6 Å². The third-order valence-electron chi connectivity index (χ3n) is 3.61. The highest BCUT2D eigenvalue weighted by atomic mass is 35.5. The molecule has 1 aromatic rings. The van der Waals surface area contributed by atoms with E-state index in [-0.39, 0.29) is 0 Å². The summed E-state index contributed by atoms with van der Waals surface area (Å²) in [6.07, 6.45) is 1.08.